The first kappa shape index (κ1) is 11.0. The number of rotatable bonds is 4. The predicted octanol–water partition coefficient (Wildman–Crippen LogP) is 2.81. The second-order valence-corrected chi connectivity index (χ2v) is 4.62. The molecule has 0 saturated heterocycles. The van der Waals surface area contributed by atoms with Gasteiger partial charge in [0.25, 0.3) is 0 Å². The van der Waals surface area contributed by atoms with E-state index in [1.807, 2.05) is 0 Å². The molecule has 1 unspecified atom stereocenters. The molecule has 1 N–H and O–H groups in total. The topological polar surface area (TPSA) is 12.0 Å². The van der Waals surface area contributed by atoms with Gasteiger partial charge < -0.3 is 5.32 Å². The minimum atomic E-state index is 0.458. The zero-order chi connectivity index (χ0) is 8.91. The van der Waals surface area contributed by atoms with Crippen LogP contribution in [0.5, 0.6) is 0 Å². The lowest BCUT2D eigenvalue weighted by atomic mass is 9.89. The second kappa shape index (κ2) is 4.76. The first-order valence-corrected chi connectivity index (χ1v) is 4.69. The Balaban J connectivity index is 3.44. The zero-order valence-corrected chi connectivity index (χ0v) is 8.70. The van der Waals surface area contributed by atoms with E-state index in [-0.39, 0.29) is 0 Å². The van der Waals surface area contributed by atoms with Gasteiger partial charge in [0.2, 0.25) is 0 Å². The van der Waals surface area contributed by atoms with Crippen LogP contribution in [-0.4, -0.2) is 12.6 Å². The van der Waals surface area contributed by atoms with E-state index in [0.717, 1.165) is 6.54 Å². The molecule has 0 aromatic rings. The lowest BCUT2D eigenvalue weighted by molar-refractivity contribution is 0.320. The average Bonchev–Trinajstić information content (AvgIpc) is 1.79. The molecule has 11 heavy (non-hydrogen) atoms. The fourth-order valence-corrected chi connectivity index (χ4v) is 1.38. The van der Waals surface area contributed by atoms with E-state index in [1.54, 1.807) is 0 Å². The van der Waals surface area contributed by atoms with E-state index in [1.165, 1.54) is 12.8 Å². The maximum atomic E-state index is 3.49. The first-order valence-electron chi connectivity index (χ1n) is 4.69. The van der Waals surface area contributed by atoms with Crippen LogP contribution in [0.3, 0.4) is 0 Å². The molecule has 0 spiro atoms. The van der Waals surface area contributed by atoms with Gasteiger partial charge in [-0.3, -0.25) is 0 Å². The van der Waals surface area contributed by atoms with Crippen LogP contribution in [0.4, 0.5) is 0 Å². The summed E-state index contributed by atoms with van der Waals surface area (Å²) < 4.78 is 0. The lowest BCUT2D eigenvalue weighted by Gasteiger charge is -2.23. The Hall–Kier alpha value is -0.0400. The molecule has 0 saturated carbocycles. The van der Waals surface area contributed by atoms with Crippen LogP contribution in [0.25, 0.3) is 0 Å². The monoisotopic (exact) mass is 157 g/mol. The van der Waals surface area contributed by atoms with Gasteiger partial charge in [-0.2, -0.15) is 0 Å². The molecule has 0 aromatic heterocycles. The number of hydrogen-bond donors (Lipinski definition) is 1. The molecule has 0 aliphatic carbocycles. The van der Waals surface area contributed by atoms with Crippen molar-refractivity contribution < 1.29 is 0 Å². The van der Waals surface area contributed by atoms with E-state index in [9.17, 15) is 0 Å². The fraction of sp³-hybridized carbons (Fsp3) is 1.00. The van der Waals surface area contributed by atoms with Gasteiger partial charge in [-0.25, -0.2) is 0 Å². The van der Waals surface area contributed by atoms with Gasteiger partial charge >= 0.3 is 0 Å². The van der Waals surface area contributed by atoms with Crippen LogP contribution in [0.15, 0.2) is 0 Å². The molecule has 0 fully saturated rings. The summed E-state index contributed by atoms with van der Waals surface area (Å²) in [4.78, 5) is 0. The van der Waals surface area contributed by atoms with Gasteiger partial charge in [-0.05, 0) is 31.7 Å². The summed E-state index contributed by atoms with van der Waals surface area (Å²) in [6.45, 7) is 12.5. The second-order valence-electron chi connectivity index (χ2n) is 4.62. The van der Waals surface area contributed by atoms with E-state index in [2.05, 4.69) is 39.9 Å². The molecule has 0 bridgehead atoms. The molecular weight excluding hydrogens is 134 g/mol. The highest BCUT2D eigenvalue weighted by molar-refractivity contribution is 4.70. The molecule has 1 atom stereocenters. The summed E-state index contributed by atoms with van der Waals surface area (Å²) in [5.41, 5.74) is 0.458. The number of hydrogen-bond acceptors (Lipinski definition) is 1. The summed E-state index contributed by atoms with van der Waals surface area (Å²) >= 11 is 0. The molecule has 68 valence electrons. The summed E-state index contributed by atoms with van der Waals surface area (Å²) in [7, 11) is 0. The number of nitrogens with one attached hydrogen (secondary N) is 1. The van der Waals surface area contributed by atoms with E-state index < -0.39 is 0 Å². The van der Waals surface area contributed by atoms with Gasteiger partial charge in [-0.15, -0.1) is 0 Å². The Bertz CT molecular complexity index is 91.5. The SMILES string of the molecule is CCCNC(C)CC(C)(C)C. The van der Waals surface area contributed by atoms with E-state index in [0.29, 0.717) is 11.5 Å². The van der Waals surface area contributed by atoms with Crippen LogP contribution < -0.4 is 5.32 Å². The summed E-state index contributed by atoms with van der Waals surface area (Å²) in [6.07, 6.45) is 2.49. The molecule has 0 rings (SSSR count). The normalized spacial score (nSPS) is 15.0. The summed E-state index contributed by atoms with van der Waals surface area (Å²) in [6, 6.07) is 0.662. The summed E-state index contributed by atoms with van der Waals surface area (Å²) in [5.74, 6) is 0. The third-order valence-corrected chi connectivity index (χ3v) is 1.66. The maximum absolute atomic E-state index is 3.49. The van der Waals surface area contributed by atoms with Crippen molar-refractivity contribution in [1.82, 2.24) is 5.32 Å². The highest BCUT2D eigenvalue weighted by atomic mass is 14.9. The van der Waals surface area contributed by atoms with Gasteiger partial charge in [0.15, 0.2) is 0 Å². The van der Waals surface area contributed by atoms with Crippen molar-refractivity contribution in [2.45, 2.75) is 53.5 Å². The molecule has 0 aromatic carbocycles. The standard InChI is InChI=1S/C10H23N/c1-6-7-11-9(2)8-10(3,4)5/h9,11H,6-8H2,1-5H3. The van der Waals surface area contributed by atoms with Crippen LogP contribution in [-0.2, 0) is 0 Å². The molecule has 1 nitrogen and oxygen atoms in total. The first-order chi connectivity index (χ1) is 4.95. The average molecular weight is 157 g/mol. The van der Waals surface area contributed by atoms with Crippen molar-refractivity contribution in [1.29, 1.82) is 0 Å². The molecule has 0 radical (unpaired) electrons. The third-order valence-electron chi connectivity index (χ3n) is 1.66. The maximum Gasteiger partial charge on any atom is 0.00437 e. The van der Waals surface area contributed by atoms with Crippen LogP contribution in [0.2, 0.25) is 0 Å². The van der Waals surface area contributed by atoms with Crippen molar-refractivity contribution in [2.75, 3.05) is 6.54 Å². The predicted molar refractivity (Wildman–Crippen MR) is 51.8 cm³/mol. The van der Waals surface area contributed by atoms with Crippen LogP contribution in [0.1, 0.15) is 47.5 Å². The van der Waals surface area contributed by atoms with Crippen LogP contribution >= 0.6 is 0 Å². The van der Waals surface area contributed by atoms with Crippen LogP contribution in [0, 0.1) is 5.41 Å². The quantitative estimate of drug-likeness (QED) is 0.661. The molecular formula is C10H23N. The Labute approximate surface area is 71.6 Å². The zero-order valence-electron chi connectivity index (χ0n) is 8.70. The van der Waals surface area contributed by atoms with E-state index in [4.69, 9.17) is 0 Å². The van der Waals surface area contributed by atoms with Crippen molar-refractivity contribution in [3.63, 3.8) is 0 Å². The van der Waals surface area contributed by atoms with Gasteiger partial charge in [0.1, 0.15) is 0 Å². The lowest BCUT2D eigenvalue weighted by Crippen LogP contribution is -2.30. The van der Waals surface area contributed by atoms with Crippen molar-refractivity contribution in [2.24, 2.45) is 5.41 Å². The minimum absolute atomic E-state index is 0.458. The van der Waals surface area contributed by atoms with Gasteiger partial charge in [-0.1, -0.05) is 27.7 Å². The Morgan fingerprint density at radius 3 is 2.18 bits per heavy atom. The molecule has 0 heterocycles. The third kappa shape index (κ3) is 7.86. The Kier molecular flexibility index (Phi) is 4.74. The largest absolute Gasteiger partial charge is 0.314 e. The van der Waals surface area contributed by atoms with Gasteiger partial charge in [0, 0.05) is 6.04 Å². The smallest absolute Gasteiger partial charge is 0.00437 e. The highest BCUT2D eigenvalue weighted by Gasteiger charge is 2.13. The highest BCUT2D eigenvalue weighted by Crippen LogP contribution is 2.20. The summed E-state index contributed by atoms with van der Waals surface area (Å²) in [5, 5.41) is 3.49. The van der Waals surface area contributed by atoms with E-state index >= 15 is 0 Å². The van der Waals surface area contributed by atoms with Crippen molar-refractivity contribution in [3.05, 3.63) is 0 Å². The van der Waals surface area contributed by atoms with Gasteiger partial charge in [0.05, 0.1) is 0 Å². The molecule has 1 heteroatoms. The Morgan fingerprint density at radius 2 is 1.82 bits per heavy atom. The minimum Gasteiger partial charge on any atom is -0.314 e. The van der Waals surface area contributed by atoms with Crippen molar-refractivity contribution in [3.8, 4) is 0 Å². The Morgan fingerprint density at radius 1 is 1.27 bits per heavy atom. The fourth-order valence-electron chi connectivity index (χ4n) is 1.38. The molecule has 0 aliphatic rings. The molecule has 0 amide bonds. The van der Waals surface area contributed by atoms with Crippen molar-refractivity contribution >= 4 is 0 Å². The molecule has 0 aliphatic heterocycles.